The van der Waals surface area contributed by atoms with E-state index in [-0.39, 0.29) is 0 Å². The van der Waals surface area contributed by atoms with Gasteiger partial charge < -0.3 is 19.3 Å². The average molecular weight is 341 g/mol. The summed E-state index contributed by atoms with van der Waals surface area (Å²) in [6.45, 7) is 1.36. The Bertz CT molecular complexity index is 685. The van der Waals surface area contributed by atoms with E-state index in [1.807, 2.05) is 18.2 Å². The van der Waals surface area contributed by atoms with E-state index in [1.165, 1.54) is 11.3 Å². The Morgan fingerprint density at radius 2 is 2.00 bits per heavy atom. The quantitative estimate of drug-likeness (QED) is 0.724. The van der Waals surface area contributed by atoms with Gasteiger partial charge in [-0.1, -0.05) is 6.07 Å². The van der Waals surface area contributed by atoms with Gasteiger partial charge in [-0.3, -0.25) is 9.88 Å². The third-order valence-electron chi connectivity index (χ3n) is 3.30. The summed E-state index contributed by atoms with van der Waals surface area (Å²) in [5, 5.41) is 6.46. The van der Waals surface area contributed by atoms with Crippen molar-refractivity contribution in [1.82, 2.24) is 5.32 Å². The first-order valence-corrected chi connectivity index (χ1v) is 9.36. The van der Waals surface area contributed by atoms with Crippen LogP contribution < -0.4 is 14.8 Å². The molecule has 0 bridgehead atoms. The van der Waals surface area contributed by atoms with Gasteiger partial charge >= 0.3 is 7.60 Å². The molecule has 8 heteroatoms. The number of hydrogen-bond acceptors (Lipinski definition) is 5. The summed E-state index contributed by atoms with van der Waals surface area (Å²) in [6.07, 6.45) is 0. The highest BCUT2D eigenvalue weighted by Gasteiger charge is 2.30. The lowest BCUT2D eigenvalue weighted by Gasteiger charge is -2.21. The lowest BCUT2D eigenvalue weighted by atomic mass is 10.2. The number of thiophene rings is 1. The zero-order valence-electron chi connectivity index (χ0n) is 11.6. The van der Waals surface area contributed by atoms with Gasteiger partial charge in [0.2, 0.25) is 0 Å². The molecular formula is C14H16NO5PS. The Balaban J connectivity index is 1.74. The van der Waals surface area contributed by atoms with Crippen molar-refractivity contribution in [3.63, 3.8) is 0 Å². The second kappa shape index (κ2) is 6.40. The summed E-state index contributed by atoms with van der Waals surface area (Å²) in [7, 11) is -4.28. The molecule has 0 aliphatic carbocycles. The molecule has 118 valence electrons. The van der Waals surface area contributed by atoms with E-state index in [0.29, 0.717) is 36.8 Å². The molecule has 1 aromatic heterocycles. The van der Waals surface area contributed by atoms with Crippen molar-refractivity contribution in [2.24, 2.45) is 0 Å². The average Bonchev–Trinajstić information content (AvgIpc) is 3.00. The smallest absolute Gasteiger partial charge is 0.346 e. The van der Waals surface area contributed by atoms with Crippen molar-refractivity contribution in [3.05, 3.63) is 46.2 Å². The van der Waals surface area contributed by atoms with Crippen LogP contribution in [0.5, 0.6) is 11.5 Å². The normalized spacial score (nSPS) is 15.5. The van der Waals surface area contributed by atoms with Crippen LogP contribution in [0.1, 0.15) is 16.9 Å². The zero-order chi connectivity index (χ0) is 15.6. The maximum atomic E-state index is 11.7. The van der Waals surface area contributed by atoms with Crippen LogP contribution in [0.25, 0.3) is 0 Å². The Morgan fingerprint density at radius 3 is 2.68 bits per heavy atom. The second-order valence-corrected chi connectivity index (χ2v) is 7.38. The molecule has 0 saturated heterocycles. The molecule has 1 atom stereocenters. The molecule has 0 fully saturated rings. The topological polar surface area (TPSA) is 88.0 Å². The molecule has 1 aliphatic rings. The van der Waals surface area contributed by atoms with Gasteiger partial charge in [0.15, 0.2) is 11.5 Å². The number of nitrogens with one attached hydrogen (secondary N) is 1. The summed E-state index contributed by atoms with van der Waals surface area (Å²) in [5.74, 6) is 0.347. The molecule has 3 rings (SSSR count). The molecule has 1 aliphatic heterocycles. The van der Waals surface area contributed by atoms with E-state index in [1.54, 1.807) is 16.8 Å². The lowest BCUT2D eigenvalue weighted by Crippen LogP contribution is -2.21. The van der Waals surface area contributed by atoms with Crippen molar-refractivity contribution < 1.29 is 23.8 Å². The summed E-state index contributed by atoms with van der Waals surface area (Å²) >= 11 is 1.40. The molecule has 0 radical (unpaired) electrons. The van der Waals surface area contributed by atoms with Crippen LogP contribution in [-0.2, 0) is 11.1 Å². The first-order chi connectivity index (χ1) is 10.5. The fourth-order valence-corrected chi connectivity index (χ4v) is 3.94. The first kappa shape index (κ1) is 15.5. The Kier molecular flexibility index (Phi) is 4.52. The molecule has 2 heterocycles. The van der Waals surface area contributed by atoms with Gasteiger partial charge in [-0.15, -0.1) is 0 Å². The van der Waals surface area contributed by atoms with E-state index in [4.69, 9.17) is 9.47 Å². The Morgan fingerprint density at radius 1 is 1.23 bits per heavy atom. The summed E-state index contributed by atoms with van der Waals surface area (Å²) in [4.78, 5) is 19.1. The molecule has 0 saturated carbocycles. The molecule has 2 aromatic rings. The van der Waals surface area contributed by atoms with Crippen molar-refractivity contribution >= 4 is 18.9 Å². The molecule has 0 unspecified atom stereocenters. The largest absolute Gasteiger partial charge is 0.486 e. The highest BCUT2D eigenvalue weighted by Crippen LogP contribution is 2.50. The number of fused-ring (bicyclic) bond motifs is 1. The molecule has 6 nitrogen and oxygen atoms in total. The molecule has 0 amide bonds. The van der Waals surface area contributed by atoms with Crippen LogP contribution in [0.3, 0.4) is 0 Å². The standard InChI is InChI=1S/C14H16NO5PS/c16-21(17,18)14(11-3-6-22-9-11)15-8-10-1-2-12-13(7-10)20-5-4-19-12/h1-3,6-7,9,14-15H,4-5,8H2,(H2,16,17,18)/t14-/m1/s1. The maximum absolute atomic E-state index is 11.7. The van der Waals surface area contributed by atoms with E-state index < -0.39 is 13.4 Å². The van der Waals surface area contributed by atoms with Crippen LogP contribution in [-0.4, -0.2) is 23.0 Å². The third-order valence-corrected chi connectivity index (χ3v) is 5.16. The number of ether oxygens (including phenoxy) is 2. The van der Waals surface area contributed by atoms with Crippen LogP contribution in [0, 0.1) is 0 Å². The zero-order valence-corrected chi connectivity index (χ0v) is 13.3. The van der Waals surface area contributed by atoms with Crippen LogP contribution in [0.15, 0.2) is 35.0 Å². The predicted molar refractivity (Wildman–Crippen MR) is 83.4 cm³/mol. The monoisotopic (exact) mass is 341 g/mol. The van der Waals surface area contributed by atoms with Gasteiger partial charge in [0.1, 0.15) is 19.0 Å². The maximum Gasteiger partial charge on any atom is 0.346 e. The van der Waals surface area contributed by atoms with E-state index in [9.17, 15) is 14.4 Å². The van der Waals surface area contributed by atoms with E-state index >= 15 is 0 Å². The SMILES string of the molecule is O=P(O)(O)[C@@H](NCc1ccc2c(c1)OCCO2)c1ccsc1. The van der Waals surface area contributed by atoms with Crippen molar-refractivity contribution in [2.45, 2.75) is 12.3 Å². The number of rotatable bonds is 5. The predicted octanol–water partition coefficient (Wildman–Crippen LogP) is 2.49. The first-order valence-electron chi connectivity index (χ1n) is 6.73. The fraction of sp³-hybridized carbons (Fsp3) is 0.286. The minimum absolute atomic E-state index is 0.322. The summed E-state index contributed by atoms with van der Waals surface area (Å²) in [6, 6.07) is 7.20. The molecule has 1 aromatic carbocycles. The number of hydrogen-bond donors (Lipinski definition) is 3. The molecular weight excluding hydrogens is 325 g/mol. The lowest BCUT2D eigenvalue weighted by molar-refractivity contribution is 0.171. The summed E-state index contributed by atoms with van der Waals surface area (Å²) < 4.78 is 22.6. The summed E-state index contributed by atoms with van der Waals surface area (Å²) in [5.41, 5.74) is 1.47. The molecule has 0 spiro atoms. The highest BCUT2D eigenvalue weighted by atomic mass is 32.1. The van der Waals surface area contributed by atoms with Gasteiger partial charge in [-0.2, -0.15) is 11.3 Å². The van der Waals surface area contributed by atoms with Gasteiger partial charge in [0.05, 0.1) is 0 Å². The minimum Gasteiger partial charge on any atom is -0.486 e. The van der Waals surface area contributed by atoms with Crippen LogP contribution >= 0.6 is 18.9 Å². The van der Waals surface area contributed by atoms with E-state index in [2.05, 4.69) is 5.32 Å². The van der Waals surface area contributed by atoms with E-state index in [0.717, 1.165) is 5.56 Å². The highest BCUT2D eigenvalue weighted by molar-refractivity contribution is 7.52. The molecule has 22 heavy (non-hydrogen) atoms. The fourth-order valence-electron chi connectivity index (χ4n) is 2.27. The van der Waals surface area contributed by atoms with Gasteiger partial charge in [-0.05, 0) is 40.1 Å². The van der Waals surface area contributed by atoms with Crippen molar-refractivity contribution in [2.75, 3.05) is 13.2 Å². The Labute approximate surface area is 131 Å². The third kappa shape index (κ3) is 3.51. The van der Waals surface area contributed by atoms with Crippen LogP contribution in [0.2, 0.25) is 0 Å². The van der Waals surface area contributed by atoms with Crippen molar-refractivity contribution in [1.29, 1.82) is 0 Å². The minimum atomic E-state index is -4.28. The van der Waals surface area contributed by atoms with Gasteiger partial charge in [0, 0.05) is 6.54 Å². The molecule has 3 N–H and O–H groups in total. The Hall–Kier alpha value is -1.37. The van der Waals surface area contributed by atoms with Gasteiger partial charge in [0.25, 0.3) is 0 Å². The van der Waals surface area contributed by atoms with Gasteiger partial charge in [-0.25, -0.2) is 0 Å². The second-order valence-electron chi connectivity index (χ2n) is 4.91. The number of benzene rings is 1. The van der Waals surface area contributed by atoms with Crippen LogP contribution in [0.4, 0.5) is 0 Å². The van der Waals surface area contributed by atoms with Crippen molar-refractivity contribution in [3.8, 4) is 11.5 Å².